The van der Waals surface area contributed by atoms with Crippen LogP contribution in [0.3, 0.4) is 0 Å². The van der Waals surface area contributed by atoms with Gasteiger partial charge in [-0.25, -0.2) is 9.59 Å². The number of rotatable bonds is 8. The van der Waals surface area contributed by atoms with Gasteiger partial charge in [0, 0.05) is 23.9 Å². The lowest BCUT2D eigenvalue weighted by Gasteiger charge is -2.14. The first-order chi connectivity index (χ1) is 15.3. The van der Waals surface area contributed by atoms with Crippen LogP contribution in [0.25, 0.3) is 11.0 Å². The number of benzene rings is 2. The van der Waals surface area contributed by atoms with E-state index in [9.17, 15) is 14.4 Å². The molecule has 168 valence electrons. The molecular weight excluding hydrogens is 412 g/mol. The van der Waals surface area contributed by atoms with E-state index < -0.39 is 11.6 Å². The Morgan fingerprint density at radius 2 is 1.78 bits per heavy atom. The third-order valence-corrected chi connectivity index (χ3v) is 4.87. The lowest BCUT2D eigenvalue weighted by molar-refractivity contribution is -0.147. The van der Waals surface area contributed by atoms with Gasteiger partial charge in [0.1, 0.15) is 17.9 Å². The smallest absolute Gasteiger partial charge is 0.337 e. The molecule has 0 aliphatic heterocycles. The maximum Gasteiger partial charge on any atom is 0.337 e. The van der Waals surface area contributed by atoms with Crippen molar-refractivity contribution < 1.29 is 28.2 Å². The van der Waals surface area contributed by atoms with Crippen molar-refractivity contribution in [2.45, 2.75) is 46.3 Å². The number of carbonyl (C=O) groups excluding carboxylic acids is 2. The monoisotopic (exact) mass is 438 g/mol. The van der Waals surface area contributed by atoms with Crippen LogP contribution in [0.15, 0.2) is 51.7 Å². The Labute approximate surface area is 185 Å². The highest BCUT2D eigenvalue weighted by Gasteiger charge is 2.14. The highest BCUT2D eigenvalue weighted by atomic mass is 16.5. The van der Waals surface area contributed by atoms with Crippen LogP contribution in [-0.2, 0) is 27.3 Å². The highest BCUT2D eigenvalue weighted by molar-refractivity contribution is 5.89. The predicted octanol–water partition coefficient (Wildman–Crippen LogP) is 4.35. The van der Waals surface area contributed by atoms with E-state index in [2.05, 4.69) is 0 Å². The van der Waals surface area contributed by atoms with Gasteiger partial charge >= 0.3 is 17.6 Å². The molecule has 32 heavy (non-hydrogen) atoms. The Morgan fingerprint density at radius 3 is 2.44 bits per heavy atom. The number of ether oxygens (including phenoxy) is 3. The fraction of sp³-hybridized carbons (Fsp3) is 0.320. The van der Waals surface area contributed by atoms with Crippen LogP contribution in [-0.4, -0.2) is 25.2 Å². The van der Waals surface area contributed by atoms with E-state index in [0.29, 0.717) is 23.3 Å². The lowest BCUT2D eigenvalue weighted by atomic mass is 10.0. The fourth-order valence-corrected chi connectivity index (χ4v) is 3.30. The van der Waals surface area contributed by atoms with Crippen molar-refractivity contribution in [3.63, 3.8) is 0 Å². The molecule has 1 aromatic heterocycles. The number of carbonyl (C=O) groups is 2. The number of methoxy groups -OCH3 is 1. The van der Waals surface area contributed by atoms with Gasteiger partial charge < -0.3 is 18.6 Å². The molecule has 7 nitrogen and oxygen atoms in total. The first-order valence-corrected chi connectivity index (χ1v) is 10.3. The van der Waals surface area contributed by atoms with Gasteiger partial charge in [-0.3, -0.25) is 4.79 Å². The summed E-state index contributed by atoms with van der Waals surface area (Å²) in [7, 11) is 1.33. The van der Waals surface area contributed by atoms with Gasteiger partial charge in [0.25, 0.3) is 0 Å². The van der Waals surface area contributed by atoms with Crippen LogP contribution in [0.4, 0.5) is 0 Å². The molecule has 3 rings (SSSR count). The van der Waals surface area contributed by atoms with Gasteiger partial charge in [0.2, 0.25) is 0 Å². The molecule has 0 saturated carbocycles. The normalized spacial score (nSPS) is 10.9. The molecule has 0 atom stereocenters. The zero-order valence-electron chi connectivity index (χ0n) is 18.6. The summed E-state index contributed by atoms with van der Waals surface area (Å²) in [6.45, 7) is 5.67. The van der Waals surface area contributed by atoms with Crippen molar-refractivity contribution in [1.29, 1.82) is 0 Å². The summed E-state index contributed by atoms with van der Waals surface area (Å²) >= 11 is 0. The summed E-state index contributed by atoms with van der Waals surface area (Å²) in [4.78, 5) is 35.4. The molecule has 0 N–H and O–H groups in total. The summed E-state index contributed by atoms with van der Waals surface area (Å²) < 4.78 is 21.3. The van der Waals surface area contributed by atoms with Gasteiger partial charge in [0.05, 0.1) is 18.8 Å². The third kappa shape index (κ3) is 5.75. The van der Waals surface area contributed by atoms with Crippen molar-refractivity contribution >= 4 is 22.9 Å². The van der Waals surface area contributed by atoms with Crippen LogP contribution in [0.2, 0.25) is 0 Å². The average Bonchev–Trinajstić information content (AvgIpc) is 2.75. The Balaban J connectivity index is 1.86. The molecule has 3 aromatic rings. The molecule has 7 heteroatoms. The minimum absolute atomic E-state index is 0.181. The Bertz CT molecular complexity index is 1170. The van der Waals surface area contributed by atoms with Gasteiger partial charge in [-0.15, -0.1) is 0 Å². The van der Waals surface area contributed by atoms with Crippen LogP contribution in [0, 0.1) is 6.92 Å². The second-order valence-corrected chi connectivity index (χ2v) is 7.72. The van der Waals surface area contributed by atoms with E-state index in [-0.39, 0.29) is 25.1 Å². The lowest BCUT2D eigenvalue weighted by Crippen LogP contribution is -2.12. The molecule has 2 aromatic carbocycles. The highest BCUT2D eigenvalue weighted by Crippen LogP contribution is 2.29. The molecule has 0 aliphatic rings. The molecule has 0 unspecified atom stereocenters. The van der Waals surface area contributed by atoms with Crippen LogP contribution >= 0.6 is 0 Å². The van der Waals surface area contributed by atoms with Crippen LogP contribution < -0.4 is 10.4 Å². The maximum atomic E-state index is 12.0. The molecule has 0 fully saturated rings. The SMILES string of the molecule is COC(=O)c1ccc(COc2cc3oc(=O)cc(C)c3cc2CCC(=O)OC(C)C)cc1. The largest absolute Gasteiger partial charge is 0.488 e. The molecule has 0 saturated heterocycles. The zero-order valence-corrected chi connectivity index (χ0v) is 18.6. The summed E-state index contributed by atoms with van der Waals surface area (Å²) in [5.41, 5.74) is 2.86. The number of aryl methyl sites for hydroxylation is 2. The van der Waals surface area contributed by atoms with Crippen molar-refractivity contribution in [3.05, 3.63) is 75.1 Å². The van der Waals surface area contributed by atoms with Crippen LogP contribution in [0.5, 0.6) is 5.75 Å². The van der Waals surface area contributed by atoms with E-state index in [1.54, 1.807) is 44.2 Å². The minimum Gasteiger partial charge on any atom is -0.488 e. The van der Waals surface area contributed by atoms with Gasteiger partial charge in [-0.05, 0) is 62.1 Å². The van der Waals surface area contributed by atoms with Gasteiger partial charge in [-0.1, -0.05) is 12.1 Å². The summed E-state index contributed by atoms with van der Waals surface area (Å²) in [6, 6.07) is 11.9. The topological polar surface area (TPSA) is 92.0 Å². The standard InChI is InChI=1S/C25H26O7/c1-15(2)31-23(26)10-9-19-12-20-16(3)11-24(27)32-22(20)13-21(19)30-14-17-5-7-18(8-6-17)25(28)29-4/h5-8,11-13,15H,9-10,14H2,1-4H3. The Kier molecular flexibility index (Phi) is 7.30. The quantitative estimate of drug-likeness (QED) is 0.381. The second kappa shape index (κ2) is 10.1. The summed E-state index contributed by atoms with van der Waals surface area (Å²) in [5, 5.41) is 0.784. The van der Waals surface area contributed by atoms with E-state index >= 15 is 0 Å². The van der Waals surface area contributed by atoms with Gasteiger partial charge in [0.15, 0.2) is 0 Å². The molecule has 0 bridgehead atoms. The zero-order chi connectivity index (χ0) is 23.3. The Morgan fingerprint density at radius 1 is 1.06 bits per heavy atom. The summed E-state index contributed by atoms with van der Waals surface area (Å²) in [6.07, 6.45) is 0.430. The van der Waals surface area contributed by atoms with E-state index in [1.165, 1.54) is 13.2 Å². The van der Waals surface area contributed by atoms with E-state index in [4.69, 9.17) is 18.6 Å². The van der Waals surface area contributed by atoms with Crippen molar-refractivity contribution in [3.8, 4) is 5.75 Å². The molecule has 1 heterocycles. The number of hydrogen-bond donors (Lipinski definition) is 0. The van der Waals surface area contributed by atoms with Gasteiger partial charge in [-0.2, -0.15) is 0 Å². The van der Waals surface area contributed by atoms with E-state index in [0.717, 1.165) is 22.1 Å². The summed E-state index contributed by atoms with van der Waals surface area (Å²) in [5.74, 6) is -0.186. The molecular formula is C25H26O7. The molecule has 0 amide bonds. The number of hydrogen-bond acceptors (Lipinski definition) is 7. The van der Waals surface area contributed by atoms with E-state index in [1.807, 2.05) is 13.0 Å². The molecule has 0 aliphatic carbocycles. The fourth-order valence-electron chi connectivity index (χ4n) is 3.30. The average molecular weight is 438 g/mol. The van der Waals surface area contributed by atoms with Crippen molar-refractivity contribution in [1.82, 2.24) is 0 Å². The molecule has 0 radical (unpaired) electrons. The van der Waals surface area contributed by atoms with Crippen molar-refractivity contribution in [2.75, 3.05) is 7.11 Å². The maximum absolute atomic E-state index is 12.0. The molecule has 0 spiro atoms. The number of esters is 2. The van der Waals surface area contributed by atoms with Crippen molar-refractivity contribution in [2.24, 2.45) is 0 Å². The predicted molar refractivity (Wildman–Crippen MR) is 119 cm³/mol. The Hall–Kier alpha value is -3.61. The number of fused-ring (bicyclic) bond motifs is 1. The first kappa shape index (κ1) is 23.1. The van der Waals surface area contributed by atoms with Crippen LogP contribution in [0.1, 0.15) is 47.3 Å². The first-order valence-electron chi connectivity index (χ1n) is 10.3. The third-order valence-electron chi connectivity index (χ3n) is 4.87. The minimum atomic E-state index is -0.437. The second-order valence-electron chi connectivity index (χ2n) is 7.72.